The Bertz CT molecular complexity index is 134. The molecular weight excluding hydrogens is 232 g/mol. The smallest absolute Gasteiger partial charge is 0.0779 e. The molecule has 112 valence electrons. The molecule has 0 bridgehead atoms. The molecule has 0 aliphatic heterocycles. The van der Waals surface area contributed by atoms with Crippen LogP contribution in [0, 0.1) is 0 Å². The van der Waals surface area contributed by atoms with Gasteiger partial charge in [-0.25, -0.2) is 0 Å². The van der Waals surface area contributed by atoms with Gasteiger partial charge in [-0.05, 0) is 27.2 Å². The monoisotopic (exact) mass is 264 g/mol. The van der Waals surface area contributed by atoms with Crippen LogP contribution < -0.4 is 0 Å². The molecular formula is C14H32O4. The second kappa shape index (κ2) is 16.8. The predicted molar refractivity (Wildman–Crippen MR) is 74.8 cm³/mol. The van der Waals surface area contributed by atoms with Crippen molar-refractivity contribution in [2.45, 2.75) is 65.6 Å². The summed E-state index contributed by atoms with van der Waals surface area (Å²) < 4.78 is 10.1. The molecule has 0 spiro atoms. The molecule has 0 aliphatic carbocycles. The summed E-state index contributed by atoms with van der Waals surface area (Å²) in [6.07, 6.45) is 4.62. The van der Waals surface area contributed by atoms with Crippen molar-refractivity contribution in [2.24, 2.45) is 0 Å². The lowest BCUT2D eigenvalue weighted by atomic mass is 10.2. The van der Waals surface area contributed by atoms with Gasteiger partial charge < -0.3 is 19.7 Å². The van der Waals surface area contributed by atoms with Gasteiger partial charge in [0.2, 0.25) is 0 Å². The molecule has 18 heavy (non-hydrogen) atoms. The maximum absolute atomic E-state index is 8.69. The highest BCUT2D eigenvalue weighted by molar-refractivity contribution is 4.47. The Hall–Kier alpha value is -0.160. The summed E-state index contributed by atoms with van der Waals surface area (Å²) in [4.78, 5) is 0. The van der Waals surface area contributed by atoms with E-state index in [9.17, 15) is 0 Å². The fourth-order valence-electron chi connectivity index (χ4n) is 1.13. The SMILES string of the molecule is CC(O)COC(C)CO.CCCCCCOCC. The third kappa shape index (κ3) is 21.2. The first kappa shape index (κ1) is 20.2. The van der Waals surface area contributed by atoms with Crippen LogP contribution in [0.3, 0.4) is 0 Å². The zero-order valence-electron chi connectivity index (χ0n) is 12.5. The molecule has 4 heteroatoms. The van der Waals surface area contributed by atoms with Crippen LogP contribution in [-0.4, -0.2) is 48.8 Å². The molecule has 0 saturated heterocycles. The molecule has 0 radical (unpaired) electrons. The van der Waals surface area contributed by atoms with Gasteiger partial charge in [0.05, 0.1) is 25.4 Å². The van der Waals surface area contributed by atoms with Crippen molar-refractivity contribution in [3.05, 3.63) is 0 Å². The molecule has 0 heterocycles. The second-order valence-corrected chi connectivity index (χ2v) is 4.43. The summed E-state index contributed by atoms with van der Waals surface area (Å²) in [6, 6.07) is 0. The molecule has 2 unspecified atom stereocenters. The van der Waals surface area contributed by atoms with Gasteiger partial charge in [-0.15, -0.1) is 0 Å². The van der Waals surface area contributed by atoms with E-state index in [1.165, 1.54) is 25.7 Å². The molecule has 2 N–H and O–H groups in total. The lowest BCUT2D eigenvalue weighted by Gasteiger charge is -2.10. The summed E-state index contributed by atoms with van der Waals surface area (Å²) in [5, 5.41) is 17.1. The normalized spacial score (nSPS) is 13.7. The average molecular weight is 264 g/mol. The lowest BCUT2D eigenvalue weighted by molar-refractivity contribution is -0.0177. The summed E-state index contributed by atoms with van der Waals surface area (Å²) in [5.74, 6) is 0. The van der Waals surface area contributed by atoms with E-state index in [0.717, 1.165) is 13.2 Å². The molecule has 2 atom stereocenters. The zero-order valence-corrected chi connectivity index (χ0v) is 12.5. The van der Waals surface area contributed by atoms with E-state index in [1.54, 1.807) is 13.8 Å². The van der Waals surface area contributed by atoms with Crippen LogP contribution in [0.5, 0.6) is 0 Å². The number of hydrogen-bond acceptors (Lipinski definition) is 4. The first-order valence-corrected chi connectivity index (χ1v) is 7.06. The zero-order chi connectivity index (χ0) is 14.2. The van der Waals surface area contributed by atoms with Gasteiger partial charge >= 0.3 is 0 Å². The van der Waals surface area contributed by atoms with E-state index >= 15 is 0 Å². The molecule has 0 aromatic carbocycles. The second-order valence-electron chi connectivity index (χ2n) is 4.43. The maximum Gasteiger partial charge on any atom is 0.0779 e. The largest absolute Gasteiger partial charge is 0.394 e. The minimum atomic E-state index is -0.445. The fraction of sp³-hybridized carbons (Fsp3) is 1.00. The van der Waals surface area contributed by atoms with Crippen LogP contribution in [0.2, 0.25) is 0 Å². The van der Waals surface area contributed by atoms with E-state index in [-0.39, 0.29) is 12.7 Å². The molecule has 0 rings (SSSR count). The lowest BCUT2D eigenvalue weighted by Crippen LogP contribution is -2.19. The van der Waals surface area contributed by atoms with Crippen molar-refractivity contribution in [3.63, 3.8) is 0 Å². The highest BCUT2D eigenvalue weighted by Gasteiger charge is 2.00. The molecule has 0 aromatic rings. The van der Waals surface area contributed by atoms with Gasteiger partial charge in [-0.2, -0.15) is 0 Å². The van der Waals surface area contributed by atoms with Crippen LogP contribution in [0.4, 0.5) is 0 Å². The van der Waals surface area contributed by atoms with Crippen LogP contribution in [-0.2, 0) is 9.47 Å². The van der Waals surface area contributed by atoms with E-state index in [4.69, 9.17) is 19.7 Å². The van der Waals surface area contributed by atoms with E-state index in [0.29, 0.717) is 6.61 Å². The fourth-order valence-corrected chi connectivity index (χ4v) is 1.13. The molecule has 4 nitrogen and oxygen atoms in total. The molecule has 0 saturated carbocycles. The van der Waals surface area contributed by atoms with Gasteiger partial charge in [0.25, 0.3) is 0 Å². The minimum Gasteiger partial charge on any atom is -0.394 e. The van der Waals surface area contributed by atoms with Gasteiger partial charge in [0, 0.05) is 13.2 Å². The number of unbranched alkanes of at least 4 members (excludes halogenated alkanes) is 3. The molecule has 0 fully saturated rings. The maximum atomic E-state index is 8.69. The van der Waals surface area contributed by atoms with E-state index in [2.05, 4.69) is 6.92 Å². The van der Waals surface area contributed by atoms with E-state index < -0.39 is 6.10 Å². The minimum absolute atomic E-state index is 0.00667. The summed E-state index contributed by atoms with van der Waals surface area (Å²) in [7, 11) is 0. The first-order chi connectivity index (χ1) is 8.58. The average Bonchev–Trinajstić information content (AvgIpc) is 2.36. The van der Waals surface area contributed by atoms with Crippen molar-refractivity contribution in [3.8, 4) is 0 Å². The Labute approximate surface area is 112 Å². The molecule has 0 aliphatic rings. The number of aliphatic hydroxyl groups excluding tert-OH is 2. The number of hydrogen-bond donors (Lipinski definition) is 2. The van der Waals surface area contributed by atoms with E-state index in [1.807, 2.05) is 6.92 Å². The Balaban J connectivity index is 0. The quantitative estimate of drug-likeness (QED) is 0.595. The number of ether oxygens (including phenoxy) is 2. The summed E-state index contributed by atoms with van der Waals surface area (Å²) in [6.45, 7) is 9.78. The third-order valence-corrected chi connectivity index (χ3v) is 2.23. The highest BCUT2D eigenvalue weighted by atomic mass is 16.5. The molecule has 0 amide bonds. The third-order valence-electron chi connectivity index (χ3n) is 2.23. The van der Waals surface area contributed by atoms with Crippen LogP contribution in [0.15, 0.2) is 0 Å². The highest BCUT2D eigenvalue weighted by Crippen LogP contribution is 1.98. The van der Waals surface area contributed by atoms with Crippen LogP contribution >= 0.6 is 0 Å². The molecule has 0 aromatic heterocycles. The van der Waals surface area contributed by atoms with Crippen molar-refractivity contribution in [2.75, 3.05) is 26.4 Å². The number of aliphatic hydroxyl groups is 2. The van der Waals surface area contributed by atoms with Crippen molar-refractivity contribution < 1.29 is 19.7 Å². The Morgan fingerprint density at radius 2 is 1.72 bits per heavy atom. The summed E-state index contributed by atoms with van der Waals surface area (Å²) >= 11 is 0. The van der Waals surface area contributed by atoms with Gasteiger partial charge in [-0.1, -0.05) is 26.2 Å². The summed E-state index contributed by atoms with van der Waals surface area (Å²) in [5.41, 5.74) is 0. The predicted octanol–water partition coefficient (Wildman–Crippen LogP) is 2.37. The van der Waals surface area contributed by atoms with Crippen LogP contribution in [0.25, 0.3) is 0 Å². The Kier molecular flexibility index (Phi) is 18.9. The van der Waals surface area contributed by atoms with Crippen molar-refractivity contribution >= 4 is 0 Å². The van der Waals surface area contributed by atoms with Crippen LogP contribution in [0.1, 0.15) is 53.4 Å². The standard InChI is InChI=1S/C8H18O.C6H14O3/c1-3-5-6-7-8-9-4-2;1-5(8)4-9-6(2)3-7/h3-8H2,1-2H3;5-8H,3-4H2,1-2H3. The van der Waals surface area contributed by atoms with Gasteiger partial charge in [0.15, 0.2) is 0 Å². The van der Waals surface area contributed by atoms with Gasteiger partial charge in [0.1, 0.15) is 0 Å². The van der Waals surface area contributed by atoms with Gasteiger partial charge in [-0.3, -0.25) is 0 Å². The topological polar surface area (TPSA) is 58.9 Å². The Morgan fingerprint density at radius 3 is 2.17 bits per heavy atom. The number of rotatable bonds is 10. The van der Waals surface area contributed by atoms with Crippen molar-refractivity contribution in [1.82, 2.24) is 0 Å². The Morgan fingerprint density at radius 1 is 1.06 bits per heavy atom. The van der Waals surface area contributed by atoms with Crippen molar-refractivity contribution in [1.29, 1.82) is 0 Å². The first-order valence-electron chi connectivity index (χ1n) is 7.06.